The number of ether oxygens (including phenoxy) is 4. The van der Waals surface area contributed by atoms with Gasteiger partial charge in [-0.15, -0.1) is 0 Å². The molecule has 0 aliphatic carbocycles. The normalized spacial score (nSPS) is 17.0. The topological polar surface area (TPSA) is 239 Å². The summed E-state index contributed by atoms with van der Waals surface area (Å²) in [7, 11) is 3.02. The number of aliphatic imine (C=N–C) groups is 1. The van der Waals surface area contributed by atoms with Crippen LogP contribution in [0.25, 0.3) is 0 Å². The molecule has 7 amide bonds. The van der Waals surface area contributed by atoms with E-state index in [0.29, 0.717) is 93.8 Å². The standard InChI is InChI=1S/C61H63N9O11/c1-35(36(2)66-56(72)17-11-10-16-55(71)62-20-21-68-57(73)18-19-58(68)74)65-37(3)59(75)67-42-23-38(33-80-53-29-47-45(27-51(53)78-4)60(76)69-43(31-63-47)25-40-12-6-8-14-49(40)69)22-39(24-42)34-81-54-30-48-46(28-52(54)79-5)61(77)70-44(32-64-48)26-41-13-7-9-15-50(41)70/h6-9,12-15,18-19,22-24,27-31,36-37,43-44,64-65H,1,10-11,16-17,20-21,25-26,32-34H2,2-5H3,(H,62,71)(H,66,72)(H,67,75)/t36-,37-,43-,44-/m0/s1. The molecule has 20 nitrogen and oxygen atoms in total. The zero-order chi connectivity index (χ0) is 56.9. The number of hydrogen-bond donors (Lipinski definition) is 5. The minimum atomic E-state index is -0.812. The largest absolute Gasteiger partial charge is 0.493 e. The maximum Gasteiger partial charge on any atom is 0.261 e. The number of rotatable bonds is 22. The minimum absolute atomic E-state index is 0.00104. The molecule has 0 aromatic heterocycles. The highest BCUT2D eigenvalue weighted by Gasteiger charge is 2.39. The summed E-state index contributed by atoms with van der Waals surface area (Å²) in [5, 5.41) is 15.2. The van der Waals surface area contributed by atoms with E-state index in [9.17, 15) is 33.6 Å². The van der Waals surface area contributed by atoms with Crippen LogP contribution in [-0.4, -0.2) is 110 Å². The van der Waals surface area contributed by atoms with Gasteiger partial charge in [0.1, 0.15) is 19.3 Å². The van der Waals surface area contributed by atoms with Crippen molar-refractivity contribution in [3.63, 3.8) is 0 Å². The molecule has 0 saturated heterocycles. The summed E-state index contributed by atoms with van der Waals surface area (Å²) in [5.41, 5.74) is 7.95. The second-order valence-corrected chi connectivity index (χ2v) is 20.5. The molecule has 5 aliphatic rings. The van der Waals surface area contributed by atoms with Crippen LogP contribution in [0.2, 0.25) is 0 Å². The summed E-state index contributed by atoms with van der Waals surface area (Å²) in [6.07, 6.45) is 6.76. The predicted molar refractivity (Wildman–Crippen MR) is 305 cm³/mol. The highest BCUT2D eigenvalue weighted by atomic mass is 16.5. The number of unbranched alkanes of at least 4 members (excludes halogenated alkanes) is 1. The Bertz CT molecular complexity index is 3410. The van der Waals surface area contributed by atoms with Crippen LogP contribution in [0.4, 0.5) is 28.4 Å². The molecule has 0 fully saturated rings. The molecule has 0 bridgehead atoms. The fraction of sp³-hybridized carbons (Fsp3) is 0.311. The Kier molecular flexibility index (Phi) is 16.2. The van der Waals surface area contributed by atoms with Gasteiger partial charge in [-0.2, -0.15) is 0 Å². The Labute approximate surface area is 468 Å². The zero-order valence-electron chi connectivity index (χ0n) is 45.5. The Morgan fingerprint density at radius 1 is 0.704 bits per heavy atom. The molecule has 0 unspecified atom stereocenters. The number of carbonyl (C=O) groups excluding carboxylic acids is 7. The van der Waals surface area contributed by atoms with Crippen molar-refractivity contribution in [3.05, 3.63) is 149 Å². The highest BCUT2D eigenvalue weighted by Crippen LogP contribution is 2.43. The van der Waals surface area contributed by atoms with Gasteiger partial charge in [-0.3, -0.25) is 48.4 Å². The smallest absolute Gasteiger partial charge is 0.261 e. The maximum absolute atomic E-state index is 14.2. The summed E-state index contributed by atoms with van der Waals surface area (Å²) in [5.74, 6) is -0.644. The van der Waals surface area contributed by atoms with Gasteiger partial charge >= 0.3 is 0 Å². The van der Waals surface area contributed by atoms with Gasteiger partial charge in [0.05, 0.1) is 54.8 Å². The number of hydrogen-bond acceptors (Lipinski definition) is 14. The lowest BCUT2D eigenvalue weighted by Crippen LogP contribution is -2.44. The average Bonchev–Trinajstić information content (AvgIpc) is 4.29. The van der Waals surface area contributed by atoms with Crippen LogP contribution >= 0.6 is 0 Å². The lowest BCUT2D eigenvalue weighted by atomic mass is 10.1. The van der Waals surface area contributed by atoms with Crippen molar-refractivity contribution in [1.82, 2.24) is 20.9 Å². The average molecular weight is 1100 g/mol. The molecule has 81 heavy (non-hydrogen) atoms. The SMILES string of the molecule is C=C(N[C@@H](C)C(=O)Nc1cc(COc2cc3c(cc2OC)C(=O)N2c4ccccc4C[C@H]2C=N3)cc(COc2cc3c(cc2OC)C(=O)N2c4ccccc4C[C@H]2CN3)c1)[C@H](C)NC(=O)CCCCC(=O)NCCN1C(=O)C=CC1=O. The monoisotopic (exact) mass is 1100 g/mol. The van der Waals surface area contributed by atoms with Crippen LogP contribution in [-0.2, 0) is 50.0 Å². The molecule has 5 aromatic carbocycles. The Balaban J connectivity index is 0.804. The molecule has 5 N–H and O–H groups in total. The predicted octanol–water partition coefficient (Wildman–Crippen LogP) is 6.68. The number of para-hydroxylation sites is 2. The van der Waals surface area contributed by atoms with E-state index < -0.39 is 29.8 Å². The molecule has 20 heteroatoms. The third-order valence-electron chi connectivity index (χ3n) is 14.9. The number of imide groups is 1. The van der Waals surface area contributed by atoms with Gasteiger partial charge in [-0.1, -0.05) is 43.0 Å². The summed E-state index contributed by atoms with van der Waals surface area (Å²) in [6.45, 7) is 8.26. The molecule has 0 radical (unpaired) electrons. The molecule has 0 spiro atoms. The third kappa shape index (κ3) is 11.9. The van der Waals surface area contributed by atoms with E-state index in [4.69, 9.17) is 23.9 Å². The van der Waals surface area contributed by atoms with Gasteiger partial charge in [0.2, 0.25) is 17.7 Å². The lowest BCUT2D eigenvalue weighted by molar-refractivity contribution is -0.137. The first-order valence-electron chi connectivity index (χ1n) is 27.0. The van der Waals surface area contributed by atoms with E-state index in [1.165, 1.54) is 26.4 Å². The first-order valence-corrected chi connectivity index (χ1v) is 27.0. The first kappa shape index (κ1) is 54.9. The Morgan fingerprint density at radius 3 is 1.99 bits per heavy atom. The van der Waals surface area contributed by atoms with Gasteiger partial charge in [0.25, 0.3) is 23.6 Å². The number of nitrogens with zero attached hydrogens (tertiary/aromatic N) is 4. The van der Waals surface area contributed by atoms with Crippen molar-refractivity contribution >= 4 is 76.0 Å². The molecule has 418 valence electrons. The van der Waals surface area contributed by atoms with E-state index in [-0.39, 0.29) is 74.9 Å². The van der Waals surface area contributed by atoms with Gasteiger partial charge in [-0.05, 0) is 97.8 Å². The van der Waals surface area contributed by atoms with Gasteiger partial charge < -0.3 is 50.4 Å². The quantitative estimate of drug-likeness (QED) is 0.0360. The van der Waals surface area contributed by atoms with E-state index in [1.807, 2.05) is 59.5 Å². The summed E-state index contributed by atoms with van der Waals surface area (Å²) >= 11 is 0. The van der Waals surface area contributed by atoms with Crippen LogP contribution in [0, 0.1) is 0 Å². The van der Waals surface area contributed by atoms with E-state index in [0.717, 1.165) is 33.8 Å². The second-order valence-electron chi connectivity index (χ2n) is 20.5. The zero-order valence-corrected chi connectivity index (χ0v) is 45.5. The number of methoxy groups -OCH3 is 2. The van der Waals surface area contributed by atoms with Gasteiger partial charge in [0.15, 0.2) is 23.0 Å². The highest BCUT2D eigenvalue weighted by molar-refractivity contribution is 6.15. The minimum Gasteiger partial charge on any atom is -0.493 e. The van der Waals surface area contributed by atoms with Crippen molar-refractivity contribution in [2.45, 2.75) is 89.8 Å². The molecule has 10 rings (SSSR count). The van der Waals surface area contributed by atoms with Crippen molar-refractivity contribution in [1.29, 1.82) is 0 Å². The Morgan fingerprint density at radius 2 is 1.31 bits per heavy atom. The number of nitrogens with one attached hydrogen (secondary N) is 5. The number of fused-ring (bicyclic) bond motifs is 8. The molecule has 0 saturated carbocycles. The second kappa shape index (κ2) is 23.9. The van der Waals surface area contributed by atoms with Crippen LogP contribution in [0.15, 0.2) is 120 Å². The third-order valence-corrected chi connectivity index (χ3v) is 14.9. The van der Waals surface area contributed by atoms with Crippen molar-refractivity contribution in [2.24, 2.45) is 4.99 Å². The van der Waals surface area contributed by atoms with E-state index >= 15 is 0 Å². The summed E-state index contributed by atoms with van der Waals surface area (Å²) in [4.78, 5) is 100. The van der Waals surface area contributed by atoms with E-state index in [2.05, 4.69) is 33.2 Å². The number of carbonyl (C=O) groups is 7. The first-order chi connectivity index (χ1) is 39.2. The van der Waals surface area contributed by atoms with Crippen LogP contribution in [0.1, 0.15) is 82.5 Å². The Hall–Kier alpha value is -9.46. The molecule has 5 aliphatic heterocycles. The van der Waals surface area contributed by atoms with Crippen LogP contribution in [0.5, 0.6) is 23.0 Å². The number of benzene rings is 5. The molecule has 4 atom stereocenters. The summed E-state index contributed by atoms with van der Waals surface area (Å²) < 4.78 is 24.5. The van der Waals surface area contributed by atoms with Gasteiger partial charge in [0, 0.05) is 92.2 Å². The van der Waals surface area contributed by atoms with Crippen LogP contribution < -0.4 is 55.3 Å². The fourth-order valence-corrected chi connectivity index (χ4v) is 10.7. The lowest BCUT2D eigenvalue weighted by Gasteiger charge is -2.23. The molecular weight excluding hydrogens is 1030 g/mol. The molecule has 5 heterocycles. The molecular formula is C61H63N9O11. The van der Waals surface area contributed by atoms with Gasteiger partial charge in [-0.25, -0.2) is 0 Å². The van der Waals surface area contributed by atoms with E-state index in [1.54, 1.807) is 61.4 Å². The van der Waals surface area contributed by atoms with Crippen molar-refractivity contribution in [3.8, 4) is 23.0 Å². The maximum atomic E-state index is 14.2. The van der Waals surface area contributed by atoms with Crippen LogP contribution in [0.3, 0.4) is 0 Å². The van der Waals surface area contributed by atoms with Crippen molar-refractivity contribution in [2.75, 3.05) is 54.3 Å². The fourth-order valence-electron chi connectivity index (χ4n) is 10.7. The molecule has 5 aromatic rings. The summed E-state index contributed by atoms with van der Waals surface area (Å²) in [6, 6.07) is 26.3. The number of amides is 7. The number of anilines is 4. The van der Waals surface area contributed by atoms with Crippen molar-refractivity contribution < 1.29 is 52.5 Å².